The number of hydrogen-bond donors (Lipinski definition) is 0. The lowest BCUT2D eigenvalue weighted by atomic mass is 9.99. The lowest BCUT2D eigenvalue weighted by Gasteiger charge is -2.10. The summed E-state index contributed by atoms with van der Waals surface area (Å²) < 4.78 is 0. The molecule has 1 aliphatic rings. The number of aromatic nitrogens is 2. The third-order valence-electron chi connectivity index (χ3n) is 3.25. The van der Waals surface area contributed by atoms with E-state index in [-0.39, 0.29) is 5.28 Å². The maximum Gasteiger partial charge on any atom is 0.224 e. The molecule has 0 bridgehead atoms. The molecule has 0 aromatic carbocycles. The Morgan fingerprint density at radius 2 is 2.06 bits per heavy atom. The molecular formula is C12H16Cl2N2. The Morgan fingerprint density at radius 3 is 2.81 bits per heavy atom. The predicted octanol–water partition coefficient (Wildman–Crippen LogP) is 4.39. The van der Waals surface area contributed by atoms with Crippen molar-refractivity contribution >= 4 is 23.2 Å². The van der Waals surface area contributed by atoms with Crippen molar-refractivity contribution in [2.75, 3.05) is 0 Å². The maximum atomic E-state index is 6.07. The molecular weight excluding hydrogens is 243 g/mol. The van der Waals surface area contributed by atoms with E-state index in [4.69, 9.17) is 23.2 Å². The number of fused-ring (bicyclic) bond motifs is 1. The van der Waals surface area contributed by atoms with Gasteiger partial charge in [0.05, 0.1) is 5.69 Å². The minimum absolute atomic E-state index is 0.283. The molecule has 1 unspecified atom stereocenters. The van der Waals surface area contributed by atoms with Crippen LogP contribution in [0.25, 0.3) is 0 Å². The third kappa shape index (κ3) is 2.49. The lowest BCUT2D eigenvalue weighted by Crippen LogP contribution is -1.99. The van der Waals surface area contributed by atoms with Crippen LogP contribution >= 0.6 is 23.2 Å². The molecule has 0 aliphatic heterocycles. The first-order chi connectivity index (χ1) is 7.72. The Labute approximate surface area is 106 Å². The van der Waals surface area contributed by atoms with E-state index in [9.17, 15) is 0 Å². The van der Waals surface area contributed by atoms with Gasteiger partial charge in [-0.2, -0.15) is 0 Å². The summed E-state index contributed by atoms with van der Waals surface area (Å²) in [6.45, 7) is 2.22. The van der Waals surface area contributed by atoms with Crippen molar-refractivity contribution in [3.05, 3.63) is 21.7 Å². The van der Waals surface area contributed by atoms with Gasteiger partial charge in [0.1, 0.15) is 5.15 Å². The van der Waals surface area contributed by atoms with Crippen molar-refractivity contribution in [3.8, 4) is 0 Å². The van der Waals surface area contributed by atoms with Crippen molar-refractivity contribution in [2.24, 2.45) is 0 Å². The molecule has 1 aromatic rings. The average molecular weight is 259 g/mol. The molecule has 1 aromatic heterocycles. The molecule has 1 atom stereocenters. The summed E-state index contributed by atoms with van der Waals surface area (Å²) in [6.07, 6.45) is 7.16. The number of rotatable bonds is 4. The zero-order chi connectivity index (χ0) is 11.5. The second-order valence-electron chi connectivity index (χ2n) is 4.38. The summed E-state index contributed by atoms with van der Waals surface area (Å²) >= 11 is 11.9. The molecule has 1 heterocycles. The summed E-state index contributed by atoms with van der Waals surface area (Å²) in [5, 5.41) is 0.833. The third-order valence-corrected chi connectivity index (χ3v) is 3.73. The molecule has 0 amide bonds. The van der Waals surface area contributed by atoms with E-state index < -0.39 is 0 Å². The second-order valence-corrected chi connectivity index (χ2v) is 5.07. The molecule has 0 saturated carbocycles. The predicted molar refractivity (Wildman–Crippen MR) is 67.3 cm³/mol. The zero-order valence-corrected chi connectivity index (χ0v) is 11.0. The van der Waals surface area contributed by atoms with Crippen molar-refractivity contribution in [1.29, 1.82) is 0 Å². The average Bonchev–Trinajstić information content (AvgIpc) is 2.62. The van der Waals surface area contributed by atoms with Gasteiger partial charge in [-0.15, -0.1) is 0 Å². The van der Waals surface area contributed by atoms with Crippen LogP contribution in [-0.4, -0.2) is 9.97 Å². The second kappa shape index (κ2) is 5.33. The molecule has 0 N–H and O–H groups in total. The topological polar surface area (TPSA) is 25.8 Å². The van der Waals surface area contributed by atoms with E-state index in [0.29, 0.717) is 11.1 Å². The van der Waals surface area contributed by atoms with Gasteiger partial charge < -0.3 is 0 Å². The summed E-state index contributed by atoms with van der Waals surface area (Å²) in [4.78, 5) is 8.34. The smallest absolute Gasteiger partial charge is 0.222 e. The molecule has 88 valence electrons. The van der Waals surface area contributed by atoms with Crippen LogP contribution in [0.15, 0.2) is 0 Å². The first kappa shape index (κ1) is 12.1. The Morgan fingerprint density at radius 1 is 1.25 bits per heavy atom. The minimum Gasteiger partial charge on any atom is -0.222 e. The monoisotopic (exact) mass is 258 g/mol. The van der Waals surface area contributed by atoms with Crippen molar-refractivity contribution in [3.63, 3.8) is 0 Å². The minimum atomic E-state index is 0.283. The van der Waals surface area contributed by atoms with Crippen molar-refractivity contribution in [2.45, 2.75) is 51.4 Å². The van der Waals surface area contributed by atoms with Gasteiger partial charge >= 0.3 is 0 Å². The molecule has 16 heavy (non-hydrogen) atoms. The van der Waals surface area contributed by atoms with Gasteiger partial charge in [-0.05, 0) is 30.9 Å². The summed E-state index contributed by atoms with van der Waals surface area (Å²) in [7, 11) is 0. The van der Waals surface area contributed by atoms with Crippen molar-refractivity contribution in [1.82, 2.24) is 9.97 Å². The Balaban J connectivity index is 2.12. The molecule has 0 fully saturated rings. The van der Waals surface area contributed by atoms with E-state index in [0.717, 1.165) is 24.1 Å². The van der Waals surface area contributed by atoms with Crippen LogP contribution in [-0.2, 0) is 6.42 Å². The van der Waals surface area contributed by atoms with E-state index in [1.54, 1.807) is 0 Å². The van der Waals surface area contributed by atoms with Crippen LogP contribution in [0.2, 0.25) is 10.4 Å². The van der Waals surface area contributed by atoms with Crippen LogP contribution < -0.4 is 0 Å². The first-order valence-corrected chi connectivity index (χ1v) is 6.69. The van der Waals surface area contributed by atoms with E-state index in [2.05, 4.69) is 16.9 Å². The van der Waals surface area contributed by atoms with Gasteiger partial charge in [-0.1, -0.05) is 37.8 Å². The fourth-order valence-corrected chi connectivity index (χ4v) is 2.88. The zero-order valence-electron chi connectivity index (χ0n) is 9.47. The summed E-state index contributed by atoms with van der Waals surface area (Å²) in [5.74, 6) is 0.541. The highest BCUT2D eigenvalue weighted by Gasteiger charge is 2.26. The summed E-state index contributed by atoms with van der Waals surface area (Å²) in [6, 6.07) is 0. The Bertz CT molecular complexity index is 380. The van der Waals surface area contributed by atoms with Crippen LogP contribution in [0.3, 0.4) is 0 Å². The maximum absolute atomic E-state index is 6.07. The van der Waals surface area contributed by atoms with Crippen LogP contribution in [0, 0.1) is 0 Å². The number of hydrogen-bond acceptors (Lipinski definition) is 2. The largest absolute Gasteiger partial charge is 0.224 e. The SMILES string of the molecule is CCCCCC1CCc2c(Cl)nc(Cl)nc21. The Hall–Kier alpha value is -0.340. The quantitative estimate of drug-likeness (QED) is 0.455. The fraction of sp³-hybridized carbons (Fsp3) is 0.667. The van der Waals surface area contributed by atoms with Crippen LogP contribution in [0.4, 0.5) is 0 Å². The normalized spacial score (nSPS) is 18.8. The first-order valence-electron chi connectivity index (χ1n) is 5.94. The number of unbranched alkanes of at least 4 members (excludes halogenated alkanes) is 2. The highest BCUT2D eigenvalue weighted by Crippen LogP contribution is 2.38. The Kier molecular flexibility index (Phi) is 4.04. The highest BCUT2D eigenvalue weighted by atomic mass is 35.5. The van der Waals surface area contributed by atoms with Crippen molar-refractivity contribution < 1.29 is 0 Å². The fourth-order valence-electron chi connectivity index (χ4n) is 2.39. The standard InChI is InChI=1S/C12H16Cl2N2/c1-2-3-4-5-8-6-7-9-10(8)15-12(14)16-11(9)13/h8H,2-7H2,1H3. The van der Waals surface area contributed by atoms with E-state index in [1.807, 2.05) is 0 Å². The lowest BCUT2D eigenvalue weighted by molar-refractivity contribution is 0.555. The van der Waals surface area contributed by atoms with Gasteiger partial charge in [0, 0.05) is 11.5 Å². The van der Waals surface area contributed by atoms with E-state index >= 15 is 0 Å². The van der Waals surface area contributed by atoms with Gasteiger partial charge in [0.25, 0.3) is 0 Å². The van der Waals surface area contributed by atoms with Crippen LogP contribution in [0.5, 0.6) is 0 Å². The number of nitrogens with zero attached hydrogens (tertiary/aromatic N) is 2. The highest BCUT2D eigenvalue weighted by molar-refractivity contribution is 6.32. The van der Waals surface area contributed by atoms with Gasteiger partial charge in [-0.3, -0.25) is 0 Å². The molecule has 2 nitrogen and oxygen atoms in total. The molecule has 0 spiro atoms. The molecule has 0 radical (unpaired) electrons. The molecule has 1 aliphatic carbocycles. The van der Waals surface area contributed by atoms with Crippen LogP contribution in [0.1, 0.15) is 56.2 Å². The molecule has 0 saturated heterocycles. The molecule has 2 rings (SSSR count). The summed E-state index contributed by atoms with van der Waals surface area (Å²) in [5.41, 5.74) is 2.22. The molecule has 4 heteroatoms. The van der Waals surface area contributed by atoms with Gasteiger partial charge in [-0.25, -0.2) is 9.97 Å². The van der Waals surface area contributed by atoms with Gasteiger partial charge in [0.2, 0.25) is 5.28 Å². The van der Waals surface area contributed by atoms with Gasteiger partial charge in [0.15, 0.2) is 0 Å². The number of halogens is 2. The van der Waals surface area contributed by atoms with E-state index in [1.165, 1.54) is 25.7 Å².